The van der Waals surface area contributed by atoms with Gasteiger partial charge in [-0.25, -0.2) is 0 Å². The van der Waals surface area contributed by atoms with E-state index in [1.54, 1.807) is 0 Å². The van der Waals surface area contributed by atoms with Crippen molar-refractivity contribution in [2.24, 2.45) is 5.73 Å². The Morgan fingerprint density at radius 3 is 1.77 bits per heavy atom. The second-order valence-electron chi connectivity index (χ2n) is 1.84. The molecular formula is C5H7NNa3O4+. The van der Waals surface area contributed by atoms with Crippen molar-refractivity contribution in [3.05, 3.63) is 0 Å². The summed E-state index contributed by atoms with van der Waals surface area (Å²) in [7, 11) is 0. The SMILES string of the molecule is N[C@@H](CCC(=O)[O-])C(=O)[O-].[Na+].[Na+].[Na+]. The molecule has 0 unspecified atom stereocenters. The van der Waals surface area contributed by atoms with Gasteiger partial charge in [0, 0.05) is 12.0 Å². The second-order valence-corrected chi connectivity index (χ2v) is 1.84. The minimum Gasteiger partial charge on any atom is -0.550 e. The summed E-state index contributed by atoms with van der Waals surface area (Å²) in [5.74, 6) is -2.75. The maximum absolute atomic E-state index is 9.86. The molecule has 0 aliphatic heterocycles. The van der Waals surface area contributed by atoms with Gasteiger partial charge < -0.3 is 25.5 Å². The van der Waals surface area contributed by atoms with Crippen molar-refractivity contribution >= 4 is 11.9 Å². The molecule has 5 nitrogen and oxygen atoms in total. The van der Waals surface area contributed by atoms with Gasteiger partial charge in [-0.05, 0) is 12.8 Å². The van der Waals surface area contributed by atoms with Gasteiger partial charge in [-0.3, -0.25) is 0 Å². The van der Waals surface area contributed by atoms with Gasteiger partial charge in [-0.15, -0.1) is 0 Å². The van der Waals surface area contributed by atoms with Crippen LogP contribution in [0.2, 0.25) is 0 Å². The van der Waals surface area contributed by atoms with Gasteiger partial charge >= 0.3 is 88.7 Å². The number of rotatable bonds is 4. The number of carboxylic acid groups (broad SMARTS) is 2. The Bertz CT molecular complexity index is 155. The molecule has 0 fully saturated rings. The van der Waals surface area contributed by atoms with Gasteiger partial charge in [0.05, 0.1) is 5.97 Å². The average Bonchev–Trinajstić information content (AvgIpc) is 1.82. The summed E-state index contributed by atoms with van der Waals surface area (Å²) in [6.45, 7) is 0. The molecule has 0 heterocycles. The van der Waals surface area contributed by atoms with E-state index in [-0.39, 0.29) is 102 Å². The largest absolute Gasteiger partial charge is 1.00 e. The number of nitrogens with two attached hydrogens (primary N) is 1. The van der Waals surface area contributed by atoms with E-state index >= 15 is 0 Å². The zero-order valence-corrected chi connectivity index (χ0v) is 14.2. The fraction of sp³-hybridized carbons (Fsp3) is 0.600. The van der Waals surface area contributed by atoms with Crippen molar-refractivity contribution in [3.8, 4) is 0 Å². The third-order valence-electron chi connectivity index (χ3n) is 0.962. The summed E-state index contributed by atoms with van der Waals surface area (Å²) in [6.07, 6.45) is -0.500. The zero-order chi connectivity index (χ0) is 8.15. The van der Waals surface area contributed by atoms with Crippen molar-refractivity contribution in [1.82, 2.24) is 0 Å². The molecule has 0 aromatic heterocycles. The van der Waals surface area contributed by atoms with Crippen LogP contribution in [-0.4, -0.2) is 18.0 Å². The summed E-state index contributed by atoms with van der Waals surface area (Å²) < 4.78 is 0. The Labute approximate surface area is 143 Å². The van der Waals surface area contributed by atoms with Crippen LogP contribution in [0.1, 0.15) is 12.8 Å². The molecule has 0 rings (SSSR count). The summed E-state index contributed by atoms with van der Waals surface area (Å²) >= 11 is 0. The Morgan fingerprint density at radius 1 is 1.15 bits per heavy atom. The van der Waals surface area contributed by atoms with E-state index in [1.165, 1.54) is 0 Å². The van der Waals surface area contributed by atoms with Gasteiger partial charge in [-0.1, -0.05) is 0 Å². The third kappa shape index (κ3) is 16.6. The Balaban J connectivity index is -0.000000135. The zero-order valence-electron chi connectivity index (χ0n) is 8.20. The molecule has 0 aromatic carbocycles. The first kappa shape index (κ1) is 24.2. The van der Waals surface area contributed by atoms with E-state index in [9.17, 15) is 19.8 Å². The third-order valence-corrected chi connectivity index (χ3v) is 0.962. The van der Waals surface area contributed by atoms with Gasteiger partial charge in [-0.2, -0.15) is 0 Å². The molecule has 0 spiro atoms. The van der Waals surface area contributed by atoms with Gasteiger partial charge in [0.25, 0.3) is 0 Å². The fourth-order valence-electron chi connectivity index (χ4n) is 0.391. The number of hydrogen-bond donors (Lipinski definition) is 1. The van der Waals surface area contributed by atoms with Gasteiger partial charge in [0.2, 0.25) is 0 Å². The minimum atomic E-state index is -1.44. The fourth-order valence-corrected chi connectivity index (χ4v) is 0.391. The van der Waals surface area contributed by atoms with Crippen molar-refractivity contribution < 1.29 is 108 Å². The first-order chi connectivity index (χ1) is 4.54. The summed E-state index contributed by atoms with van der Waals surface area (Å²) in [4.78, 5) is 19.6. The van der Waals surface area contributed by atoms with Crippen LogP contribution >= 0.6 is 0 Å². The molecule has 0 saturated carbocycles. The monoisotopic (exact) mass is 214 g/mol. The molecule has 8 heteroatoms. The molecule has 0 radical (unpaired) electrons. The summed E-state index contributed by atoms with van der Waals surface area (Å²) in [5.41, 5.74) is 4.91. The maximum atomic E-state index is 9.86. The van der Waals surface area contributed by atoms with E-state index in [0.29, 0.717) is 0 Å². The van der Waals surface area contributed by atoms with E-state index in [0.717, 1.165) is 0 Å². The molecule has 13 heavy (non-hydrogen) atoms. The molecule has 0 aliphatic rings. The van der Waals surface area contributed by atoms with Gasteiger partial charge in [0.15, 0.2) is 0 Å². The van der Waals surface area contributed by atoms with E-state index in [1.807, 2.05) is 0 Å². The van der Waals surface area contributed by atoms with Crippen molar-refractivity contribution in [1.29, 1.82) is 0 Å². The maximum Gasteiger partial charge on any atom is 1.00 e. The number of aliphatic carboxylic acids is 2. The van der Waals surface area contributed by atoms with Crippen molar-refractivity contribution in [2.45, 2.75) is 18.9 Å². The first-order valence-electron chi connectivity index (χ1n) is 2.70. The quantitative estimate of drug-likeness (QED) is 0.467. The van der Waals surface area contributed by atoms with Crippen LogP contribution in [0.15, 0.2) is 0 Å². The van der Waals surface area contributed by atoms with E-state index in [2.05, 4.69) is 0 Å². The molecule has 2 N–H and O–H groups in total. The van der Waals surface area contributed by atoms with Crippen LogP contribution in [0.25, 0.3) is 0 Å². The van der Waals surface area contributed by atoms with Crippen LogP contribution < -0.4 is 105 Å². The van der Waals surface area contributed by atoms with Gasteiger partial charge in [0.1, 0.15) is 0 Å². The molecule has 0 saturated heterocycles. The average molecular weight is 214 g/mol. The number of hydrogen-bond acceptors (Lipinski definition) is 5. The standard InChI is InChI=1S/C5H9NO4.3Na/c6-3(5(9)10)1-2-4(7)8;;;/h3H,1-2,6H2,(H,7,8)(H,9,10);;;/q;3*+1/p-2/t3-;;;/m0.../s1. The number of carbonyl (C=O) groups excluding carboxylic acids is 2. The Kier molecular flexibility index (Phi) is 25.9. The molecule has 0 aliphatic carbocycles. The summed E-state index contributed by atoms with van der Waals surface area (Å²) in [6, 6.07) is -1.21. The molecule has 0 aromatic rings. The minimum absolute atomic E-state index is 0. The van der Waals surface area contributed by atoms with Crippen molar-refractivity contribution in [2.75, 3.05) is 0 Å². The molecular weight excluding hydrogens is 207 g/mol. The first-order valence-corrected chi connectivity index (χ1v) is 2.70. The van der Waals surface area contributed by atoms with Crippen molar-refractivity contribution in [3.63, 3.8) is 0 Å². The molecule has 1 atom stereocenters. The number of carboxylic acids is 2. The van der Waals surface area contributed by atoms with Crippen LogP contribution in [0.3, 0.4) is 0 Å². The van der Waals surface area contributed by atoms with E-state index in [4.69, 9.17) is 5.73 Å². The molecule has 58 valence electrons. The van der Waals surface area contributed by atoms with Crippen LogP contribution in [0.5, 0.6) is 0 Å². The smallest absolute Gasteiger partial charge is 0.550 e. The van der Waals surface area contributed by atoms with Crippen LogP contribution in [-0.2, 0) is 9.59 Å². The normalized spacial score (nSPS) is 9.62. The second kappa shape index (κ2) is 13.9. The van der Waals surface area contributed by atoms with Crippen LogP contribution in [0.4, 0.5) is 0 Å². The molecule has 0 amide bonds. The Morgan fingerprint density at radius 2 is 1.54 bits per heavy atom. The van der Waals surface area contributed by atoms with E-state index < -0.39 is 18.0 Å². The predicted octanol–water partition coefficient (Wildman–Crippen LogP) is -12.4. The summed E-state index contributed by atoms with van der Waals surface area (Å²) in [5, 5.41) is 19.6. The number of carbonyl (C=O) groups is 2. The topological polar surface area (TPSA) is 106 Å². The molecule has 0 bridgehead atoms. The van der Waals surface area contributed by atoms with Crippen LogP contribution in [0, 0.1) is 0 Å². The Hall–Kier alpha value is 1.90. The predicted molar refractivity (Wildman–Crippen MR) is 27.2 cm³/mol.